The quantitative estimate of drug-likeness (QED) is 0.774. The van der Waals surface area contributed by atoms with Gasteiger partial charge < -0.3 is 5.73 Å². The van der Waals surface area contributed by atoms with Crippen LogP contribution in [0.2, 0.25) is 0 Å². The second-order valence-corrected chi connectivity index (χ2v) is 4.31. The number of hydrogen-bond donors (Lipinski definition) is 1. The van der Waals surface area contributed by atoms with Gasteiger partial charge in [-0.15, -0.1) is 0 Å². The number of hydrogen-bond acceptors (Lipinski definition) is 1. The van der Waals surface area contributed by atoms with E-state index < -0.39 is 0 Å². The molecule has 1 aliphatic rings. The first-order valence-corrected chi connectivity index (χ1v) is 5.66. The highest BCUT2D eigenvalue weighted by Crippen LogP contribution is 2.40. The molecule has 1 unspecified atom stereocenters. The zero-order valence-corrected chi connectivity index (χ0v) is 8.87. The molecule has 1 aromatic carbocycles. The average Bonchev–Trinajstić information content (AvgIpc) is 3.01. The molecule has 0 heterocycles. The van der Waals surface area contributed by atoms with Crippen molar-refractivity contribution in [1.82, 2.24) is 0 Å². The fourth-order valence-corrected chi connectivity index (χ4v) is 2.07. The van der Waals surface area contributed by atoms with Crippen LogP contribution in [0.5, 0.6) is 0 Å². The number of nitrogens with two attached hydrogens (primary N) is 1. The molecule has 1 aromatic rings. The van der Waals surface area contributed by atoms with E-state index in [1.165, 1.54) is 30.4 Å². The SMILES string of the molecule is CCCc1ccccc1C(N)C1CC1. The summed E-state index contributed by atoms with van der Waals surface area (Å²) < 4.78 is 0. The lowest BCUT2D eigenvalue weighted by Gasteiger charge is -2.15. The zero-order chi connectivity index (χ0) is 9.97. The van der Waals surface area contributed by atoms with Crippen molar-refractivity contribution in [3.05, 3.63) is 35.4 Å². The molecular weight excluding hydrogens is 170 g/mol. The van der Waals surface area contributed by atoms with Crippen LogP contribution in [0.25, 0.3) is 0 Å². The number of rotatable bonds is 4. The monoisotopic (exact) mass is 189 g/mol. The lowest BCUT2D eigenvalue weighted by atomic mass is 9.95. The predicted molar refractivity (Wildman–Crippen MR) is 60.1 cm³/mol. The molecule has 2 N–H and O–H groups in total. The van der Waals surface area contributed by atoms with Gasteiger partial charge in [-0.25, -0.2) is 0 Å². The lowest BCUT2D eigenvalue weighted by molar-refractivity contribution is 0.625. The minimum absolute atomic E-state index is 0.290. The summed E-state index contributed by atoms with van der Waals surface area (Å²) in [7, 11) is 0. The molecule has 0 bridgehead atoms. The molecule has 0 aromatic heterocycles. The Bertz CT molecular complexity index is 302. The third-order valence-corrected chi connectivity index (χ3v) is 3.06. The van der Waals surface area contributed by atoms with E-state index in [-0.39, 0.29) is 6.04 Å². The van der Waals surface area contributed by atoms with Gasteiger partial charge in [0.05, 0.1) is 0 Å². The highest BCUT2D eigenvalue weighted by Gasteiger charge is 2.30. The molecule has 1 nitrogen and oxygen atoms in total. The largest absolute Gasteiger partial charge is 0.324 e. The van der Waals surface area contributed by atoms with E-state index in [1.807, 2.05) is 0 Å². The van der Waals surface area contributed by atoms with Crippen molar-refractivity contribution >= 4 is 0 Å². The van der Waals surface area contributed by atoms with Gasteiger partial charge >= 0.3 is 0 Å². The molecule has 0 amide bonds. The van der Waals surface area contributed by atoms with Crippen molar-refractivity contribution < 1.29 is 0 Å². The van der Waals surface area contributed by atoms with Gasteiger partial charge in [0, 0.05) is 6.04 Å². The summed E-state index contributed by atoms with van der Waals surface area (Å²) in [6.07, 6.45) is 5.01. The van der Waals surface area contributed by atoms with E-state index in [1.54, 1.807) is 0 Å². The van der Waals surface area contributed by atoms with Crippen LogP contribution in [0.3, 0.4) is 0 Å². The molecule has 76 valence electrons. The molecule has 1 atom stereocenters. The summed E-state index contributed by atoms with van der Waals surface area (Å²) in [6, 6.07) is 8.94. The number of aryl methyl sites for hydroxylation is 1. The van der Waals surface area contributed by atoms with E-state index in [4.69, 9.17) is 5.73 Å². The topological polar surface area (TPSA) is 26.0 Å². The Hall–Kier alpha value is -0.820. The minimum Gasteiger partial charge on any atom is -0.324 e. The molecule has 0 saturated heterocycles. The van der Waals surface area contributed by atoms with Crippen LogP contribution in [0.4, 0.5) is 0 Å². The summed E-state index contributed by atoms with van der Waals surface area (Å²) in [5, 5.41) is 0. The van der Waals surface area contributed by atoms with Crippen molar-refractivity contribution in [2.75, 3.05) is 0 Å². The van der Waals surface area contributed by atoms with Gasteiger partial charge in [-0.1, -0.05) is 37.6 Å². The number of benzene rings is 1. The maximum absolute atomic E-state index is 6.23. The third kappa shape index (κ3) is 1.98. The lowest BCUT2D eigenvalue weighted by Crippen LogP contribution is -2.14. The van der Waals surface area contributed by atoms with Gasteiger partial charge in [0.1, 0.15) is 0 Å². The maximum Gasteiger partial charge on any atom is 0.0326 e. The summed E-state index contributed by atoms with van der Waals surface area (Å²) in [4.78, 5) is 0. The average molecular weight is 189 g/mol. The van der Waals surface area contributed by atoms with Crippen molar-refractivity contribution in [1.29, 1.82) is 0 Å². The normalized spacial score (nSPS) is 18.1. The van der Waals surface area contributed by atoms with Gasteiger partial charge in [0.15, 0.2) is 0 Å². The van der Waals surface area contributed by atoms with E-state index in [0.29, 0.717) is 0 Å². The van der Waals surface area contributed by atoms with E-state index in [2.05, 4.69) is 31.2 Å². The van der Waals surface area contributed by atoms with Crippen molar-refractivity contribution in [2.24, 2.45) is 11.7 Å². The first-order valence-electron chi connectivity index (χ1n) is 5.66. The molecule has 14 heavy (non-hydrogen) atoms. The van der Waals surface area contributed by atoms with E-state index in [0.717, 1.165) is 12.3 Å². The van der Waals surface area contributed by atoms with Crippen LogP contribution in [0.15, 0.2) is 24.3 Å². The molecule has 1 heteroatoms. The first kappa shape index (κ1) is 9.72. The van der Waals surface area contributed by atoms with Gasteiger partial charge in [0.2, 0.25) is 0 Å². The van der Waals surface area contributed by atoms with Gasteiger partial charge in [-0.3, -0.25) is 0 Å². The summed E-state index contributed by atoms with van der Waals surface area (Å²) >= 11 is 0. The summed E-state index contributed by atoms with van der Waals surface area (Å²) in [6.45, 7) is 2.22. The summed E-state index contributed by atoms with van der Waals surface area (Å²) in [5.41, 5.74) is 9.07. The van der Waals surface area contributed by atoms with Gasteiger partial charge in [-0.2, -0.15) is 0 Å². The molecule has 0 radical (unpaired) electrons. The minimum atomic E-state index is 0.290. The van der Waals surface area contributed by atoms with Crippen molar-refractivity contribution in [3.63, 3.8) is 0 Å². The smallest absolute Gasteiger partial charge is 0.0326 e. The van der Waals surface area contributed by atoms with Crippen LogP contribution in [0, 0.1) is 5.92 Å². The van der Waals surface area contributed by atoms with Crippen molar-refractivity contribution in [3.8, 4) is 0 Å². The van der Waals surface area contributed by atoms with Gasteiger partial charge in [0.25, 0.3) is 0 Å². The Morgan fingerprint density at radius 2 is 2.07 bits per heavy atom. The van der Waals surface area contributed by atoms with Crippen LogP contribution < -0.4 is 5.73 Å². The van der Waals surface area contributed by atoms with E-state index in [9.17, 15) is 0 Å². The van der Waals surface area contributed by atoms with Crippen LogP contribution in [0.1, 0.15) is 43.4 Å². The fraction of sp³-hybridized carbons (Fsp3) is 0.538. The van der Waals surface area contributed by atoms with Gasteiger partial charge in [-0.05, 0) is 36.3 Å². The highest BCUT2D eigenvalue weighted by molar-refractivity contribution is 5.31. The maximum atomic E-state index is 6.23. The van der Waals surface area contributed by atoms with Crippen molar-refractivity contribution in [2.45, 2.75) is 38.6 Å². The molecule has 1 saturated carbocycles. The Balaban J connectivity index is 2.20. The van der Waals surface area contributed by atoms with Crippen LogP contribution in [-0.2, 0) is 6.42 Å². The van der Waals surface area contributed by atoms with E-state index >= 15 is 0 Å². The molecule has 2 rings (SSSR count). The Morgan fingerprint density at radius 3 is 2.71 bits per heavy atom. The van der Waals surface area contributed by atoms with Crippen LogP contribution in [-0.4, -0.2) is 0 Å². The highest BCUT2D eigenvalue weighted by atomic mass is 14.7. The molecule has 1 fully saturated rings. The third-order valence-electron chi connectivity index (χ3n) is 3.06. The van der Waals surface area contributed by atoms with Crippen LogP contribution >= 0.6 is 0 Å². The fourth-order valence-electron chi connectivity index (χ4n) is 2.07. The Labute approximate surface area is 86.3 Å². The molecule has 0 spiro atoms. The molecule has 0 aliphatic heterocycles. The Kier molecular flexibility index (Phi) is 2.87. The predicted octanol–water partition coefficient (Wildman–Crippen LogP) is 3.05. The second-order valence-electron chi connectivity index (χ2n) is 4.31. The Morgan fingerprint density at radius 1 is 1.36 bits per heavy atom. The molecular formula is C13H19N. The molecule has 1 aliphatic carbocycles. The first-order chi connectivity index (χ1) is 6.83. The standard InChI is InChI=1S/C13H19N/c1-2-5-10-6-3-4-7-12(10)13(14)11-8-9-11/h3-4,6-7,11,13H,2,5,8-9,14H2,1H3. The second kappa shape index (κ2) is 4.14. The zero-order valence-electron chi connectivity index (χ0n) is 8.87. The summed E-state index contributed by atoms with van der Waals surface area (Å²) in [5.74, 6) is 0.757.